The van der Waals surface area contributed by atoms with Crippen molar-refractivity contribution in [1.82, 2.24) is 19.8 Å². The van der Waals surface area contributed by atoms with E-state index in [1.165, 1.54) is 7.11 Å². The minimum Gasteiger partial charge on any atom is -0.465 e. The Bertz CT molecular complexity index is 1050. The van der Waals surface area contributed by atoms with Gasteiger partial charge in [0, 0.05) is 30.3 Å². The predicted octanol–water partition coefficient (Wildman–Crippen LogP) is 2.62. The number of benzene rings is 1. The summed E-state index contributed by atoms with van der Waals surface area (Å²) in [7, 11) is 1.37. The van der Waals surface area contributed by atoms with Gasteiger partial charge in [-0.2, -0.15) is 0 Å². The molecule has 3 heterocycles. The van der Waals surface area contributed by atoms with Crippen LogP contribution in [0, 0.1) is 0 Å². The maximum Gasteiger partial charge on any atom is 0.337 e. The minimum atomic E-state index is -0.387. The summed E-state index contributed by atoms with van der Waals surface area (Å²) in [5.74, 6) is -0.387. The molecule has 1 saturated heterocycles. The van der Waals surface area contributed by atoms with Crippen molar-refractivity contribution in [2.75, 3.05) is 20.3 Å². The Morgan fingerprint density at radius 3 is 2.83 bits per heavy atom. The molecular weight excluding hydrogens is 400 g/mol. The average Bonchev–Trinajstić information content (AvgIpc) is 3.39. The number of esters is 1. The van der Waals surface area contributed by atoms with Gasteiger partial charge in [0.15, 0.2) is 5.11 Å². The SMILES string of the molecule is COC(=O)c1cccc(-n2cccc2[C@@H]2[C@@H](c3ccccn3)NC(=S)N2CCO)c1. The van der Waals surface area contributed by atoms with Gasteiger partial charge in [0.05, 0.1) is 37.1 Å². The number of nitrogens with zero attached hydrogens (tertiary/aromatic N) is 3. The summed E-state index contributed by atoms with van der Waals surface area (Å²) in [5.41, 5.74) is 3.14. The first-order valence-corrected chi connectivity index (χ1v) is 10.00. The lowest BCUT2D eigenvalue weighted by molar-refractivity contribution is 0.0600. The maximum atomic E-state index is 12.0. The predicted molar refractivity (Wildman–Crippen MR) is 116 cm³/mol. The molecule has 1 aliphatic heterocycles. The molecule has 2 aromatic heterocycles. The molecular formula is C22H22N4O3S. The van der Waals surface area contributed by atoms with Gasteiger partial charge < -0.3 is 24.6 Å². The number of ether oxygens (including phenoxy) is 1. The highest BCUT2D eigenvalue weighted by Gasteiger charge is 2.40. The van der Waals surface area contributed by atoms with E-state index in [1.54, 1.807) is 18.3 Å². The molecule has 0 bridgehead atoms. The molecule has 4 rings (SSSR count). The molecule has 1 aromatic carbocycles. The van der Waals surface area contributed by atoms with Crippen LogP contribution < -0.4 is 5.32 Å². The number of carbonyl (C=O) groups excluding carboxylic acids is 1. The normalized spacial score (nSPS) is 18.3. The number of carbonyl (C=O) groups is 1. The van der Waals surface area contributed by atoms with Crippen molar-refractivity contribution in [2.24, 2.45) is 0 Å². The molecule has 0 saturated carbocycles. The number of hydrogen-bond donors (Lipinski definition) is 2. The fourth-order valence-electron chi connectivity index (χ4n) is 3.85. The number of pyridine rings is 1. The van der Waals surface area contributed by atoms with Gasteiger partial charge in [-0.1, -0.05) is 12.1 Å². The summed E-state index contributed by atoms with van der Waals surface area (Å²) >= 11 is 5.57. The van der Waals surface area contributed by atoms with Gasteiger partial charge >= 0.3 is 5.97 Å². The van der Waals surface area contributed by atoms with Gasteiger partial charge in [-0.15, -0.1) is 0 Å². The fraction of sp³-hybridized carbons (Fsp3) is 0.227. The van der Waals surface area contributed by atoms with E-state index in [4.69, 9.17) is 17.0 Å². The first-order chi connectivity index (χ1) is 14.6. The third-order valence-corrected chi connectivity index (χ3v) is 5.52. The zero-order valence-electron chi connectivity index (χ0n) is 16.4. The van der Waals surface area contributed by atoms with Gasteiger partial charge in [-0.3, -0.25) is 4.98 Å². The molecule has 8 heteroatoms. The molecule has 154 valence electrons. The smallest absolute Gasteiger partial charge is 0.337 e. The first kappa shape index (κ1) is 20.1. The molecule has 30 heavy (non-hydrogen) atoms. The molecule has 2 atom stereocenters. The second-order valence-electron chi connectivity index (χ2n) is 6.89. The molecule has 0 aliphatic carbocycles. The number of thiocarbonyl (C=S) groups is 1. The largest absolute Gasteiger partial charge is 0.465 e. The number of aromatic nitrogens is 2. The van der Waals surface area contributed by atoms with E-state index < -0.39 is 0 Å². The minimum absolute atomic E-state index is 0.0220. The van der Waals surface area contributed by atoms with Crippen LogP contribution in [0.5, 0.6) is 0 Å². The standard InChI is InChI=1S/C22H22N4O3S/c1-29-21(28)15-6-4-7-16(14-15)25-11-5-9-18(25)20-19(17-8-2-3-10-23-17)24-22(30)26(20)12-13-27/h2-11,14,19-20,27H,12-13H2,1H3,(H,24,30)/t19-,20-/m1/s1. The summed E-state index contributed by atoms with van der Waals surface area (Å²) in [6, 6.07) is 16.7. The van der Waals surface area contributed by atoms with Crippen molar-refractivity contribution in [2.45, 2.75) is 12.1 Å². The molecule has 0 radical (unpaired) electrons. The van der Waals surface area contributed by atoms with E-state index >= 15 is 0 Å². The van der Waals surface area contributed by atoms with Crippen LogP contribution in [-0.2, 0) is 4.74 Å². The maximum absolute atomic E-state index is 12.0. The third-order valence-electron chi connectivity index (χ3n) is 5.17. The second kappa shape index (κ2) is 8.64. The van der Waals surface area contributed by atoms with Crippen LogP contribution in [0.2, 0.25) is 0 Å². The Labute approximate surface area is 179 Å². The van der Waals surface area contributed by atoms with Crippen LogP contribution in [-0.4, -0.2) is 50.9 Å². The highest BCUT2D eigenvalue weighted by atomic mass is 32.1. The Morgan fingerprint density at radius 2 is 2.10 bits per heavy atom. The second-order valence-corrected chi connectivity index (χ2v) is 7.28. The van der Waals surface area contributed by atoms with Crippen LogP contribution in [0.1, 0.15) is 33.8 Å². The molecule has 2 N–H and O–H groups in total. The number of hydrogen-bond acceptors (Lipinski definition) is 5. The first-order valence-electron chi connectivity index (χ1n) is 9.59. The van der Waals surface area contributed by atoms with E-state index in [0.717, 1.165) is 17.1 Å². The van der Waals surface area contributed by atoms with Gasteiger partial charge in [-0.05, 0) is 54.7 Å². The van der Waals surface area contributed by atoms with Crippen molar-refractivity contribution in [1.29, 1.82) is 0 Å². The van der Waals surface area contributed by atoms with E-state index in [1.807, 2.05) is 58.1 Å². The number of rotatable bonds is 6. The van der Waals surface area contributed by atoms with Crippen molar-refractivity contribution < 1.29 is 14.6 Å². The molecule has 7 nitrogen and oxygen atoms in total. The number of aliphatic hydroxyl groups excluding tert-OH is 1. The van der Waals surface area contributed by atoms with Crippen molar-refractivity contribution in [3.05, 3.63) is 83.9 Å². The molecule has 1 fully saturated rings. The van der Waals surface area contributed by atoms with Gasteiger partial charge in [0.1, 0.15) is 0 Å². The van der Waals surface area contributed by atoms with Crippen LogP contribution in [0.4, 0.5) is 0 Å². The zero-order chi connectivity index (χ0) is 21.1. The van der Waals surface area contributed by atoms with Crippen LogP contribution >= 0.6 is 12.2 Å². The zero-order valence-corrected chi connectivity index (χ0v) is 17.2. The lowest BCUT2D eigenvalue weighted by Crippen LogP contribution is -2.32. The molecule has 0 unspecified atom stereocenters. The number of methoxy groups -OCH3 is 1. The topological polar surface area (TPSA) is 79.6 Å². The Hall–Kier alpha value is -3.23. The van der Waals surface area contributed by atoms with Gasteiger partial charge in [-0.25, -0.2) is 4.79 Å². The summed E-state index contributed by atoms with van der Waals surface area (Å²) in [5, 5.41) is 13.6. The molecule has 0 amide bonds. The van der Waals surface area contributed by atoms with E-state index in [9.17, 15) is 9.90 Å². The van der Waals surface area contributed by atoms with Crippen molar-refractivity contribution in [3.63, 3.8) is 0 Å². The van der Waals surface area contributed by atoms with Crippen LogP contribution in [0.15, 0.2) is 67.0 Å². The van der Waals surface area contributed by atoms with Crippen molar-refractivity contribution >= 4 is 23.3 Å². The fourth-order valence-corrected chi connectivity index (χ4v) is 4.18. The monoisotopic (exact) mass is 422 g/mol. The Balaban J connectivity index is 1.79. The Morgan fingerprint density at radius 1 is 1.23 bits per heavy atom. The van der Waals surface area contributed by atoms with Crippen molar-refractivity contribution in [3.8, 4) is 5.69 Å². The van der Waals surface area contributed by atoms with Gasteiger partial charge in [0.2, 0.25) is 0 Å². The van der Waals surface area contributed by atoms with Gasteiger partial charge in [0.25, 0.3) is 0 Å². The Kier molecular flexibility index (Phi) is 5.78. The highest BCUT2D eigenvalue weighted by molar-refractivity contribution is 7.80. The molecule has 0 spiro atoms. The molecule has 1 aliphatic rings. The lowest BCUT2D eigenvalue weighted by atomic mass is 10.0. The van der Waals surface area contributed by atoms with E-state index in [-0.39, 0.29) is 24.7 Å². The van der Waals surface area contributed by atoms with E-state index in [0.29, 0.717) is 17.2 Å². The molecule has 3 aromatic rings. The number of nitrogens with one attached hydrogen (secondary N) is 1. The van der Waals surface area contributed by atoms with Crippen LogP contribution in [0.3, 0.4) is 0 Å². The summed E-state index contributed by atoms with van der Waals surface area (Å²) < 4.78 is 6.88. The third kappa shape index (κ3) is 3.67. The summed E-state index contributed by atoms with van der Waals surface area (Å²) in [6.45, 7) is 0.374. The summed E-state index contributed by atoms with van der Waals surface area (Å²) in [6.07, 6.45) is 3.70. The number of β-amino-alcohol motifs (C(OH)–C–C–N with tert-alkyl or cyclic N) is 1. The lowest BCUT2D eigenvalue weighted by Gasteiger charge is -2.28. The highest BCUT2D eigenvalue weighted by Crippen LogP contribution is 2.39. The summed E-state index contributed by atoms with van der Waals surface area (Å²) in [4.78, 5) is 18.5. The quantitative estimate of drug-likeness (QED) is 0.467. The van der Waals surface area contributed by atoms with E-state index in [2.05, 4.69) is 10.3 Å². The number of aliphatic hydroxyl groups is 1. The van der Waals surface area contributed by atoms with Crippen LogP contribution in [0.25, 0.3) is 5.69 Å². The average molecular weight is 423 g/mol.